The van der Waals surface area contributed by atoms with Gasteiger partial charge in [-0.3, -0.25) is 10.6 Å². The highest BCUT2D eigenvalue weighted by Crippen LogP contribution is 2.17. The molecule has 1 amide bonds. The number of carbonyl (C=O) groups excluding carboxylic acids is 1. The summed E-state index contributed by atoms with van der Waals surface area (Å²) in [5, 5.41) is 2.93. The van der Waals surface area contributed by atoms with Crippen molar-refractivity contribution < 1.29 is 9.53 Å². The second-order valence-electron chi connectivity index (χ2n) is 4.63. The van der Waals surface area contributed by atoms with Crippen LogP contribution in [-0.4, -0.2) is 25.7 Å². The molecule has 0 aromatic heterocycles. The zero-order valence-corrected chi connectivity index (χ0v) is 10.5. The van der Waals surface area contributed by atoms with Gasteiger partial charge in [-0.1, -0.05) is 11.6 Å². The van der Waals surface area contributed by atoms with Crippen molar-refractivity contribution in [2.45, 2.75) is 13.3 Å². The van der Waals surface area contributed by atoms with Crippen LogP contribution >= 0.6 is 0 Å². The van der Waals surface area contributed by atoms with Gasteiger partial charge in [0.2, 0.25) is 0 Å². The average molecular weight is 249 g/mol. The van der Waals surface area contributed by atoms with Crippen molar-refractivity contribution in [2.75, 3.05) is 25.2 Å². The van der Waals surface area contributed by atoms with Crippen LogP contribution in [0.25, 0.3) is 0 Å². The van der Waals surface area contributed by atoms with Gasteiger partial charge >= 0.3 is 0 Å². The van der Waals surface area contributed by atoms with Crippen LogP contribution in [0.1, 0.15) is 22.3 Å². The SMILES string of the molecule is Cc1ccc(NN)c(C(=O)NCC2CCOC2)c1. The molecule has 1 heterocycles. The summed E-state index contributed by atoms with van der Waals surface area (Å²) in [6.07, 6.45) is 1.01. The second kappa shape index (κ2) is 5.84. The van der Waals surface area contributed by atoms with Gasteiger partial charge in [0.15, 0.2) is 0 Å². The van der Waals surface area contributed by atoms with Gasteiger partial charge in [0.25, 0.3) is 5.91 Å². The summed E-state index contributed by atoms with van der Waals surface area (Å²) in [6, 6.07) is 5.55. The highest BCUT2D eigenvalue weighted by molar-refractivity contribution is 5.99. The molecule has 1 unspecified atom stereocenters. The molecule has 0 saturated carbocycles. The lowest BCUT2D eigenvalue weighted by atomic mass is 10.1. The van der Waals surface area contributed by atoms with Gasteiger partial charge in [0.05, 0.1) is 17.9 Å². The number of hydrazine groups is 1. The van der Waals surface area contributed by atoms with Crippen LogP contribution in [0.15, 0.2) is 18.2 Å². The van der Waals surface area contributed by atoms with Gasteiger partial charge in [-0.2, -0.15) is 0 Å². The van der Waals surface area contributed by atoms with Crippen LogP contribution in [0, 0.1) is 12.8 Å². The standard InChI is InChI=1S/C13H19N3O2/c1-9-2-3-12(16-14)11(6-9)13(17)15-7-10-4-5-18-8-10/h2-3,6,10,16H,4-5,7-8,14H2,1H3,(H,15,17). The molecule has 1 fully saturated rings. The molecular weight excluding hydrogens is 230 g/mol. The van der Waals surface area contributed by atoms with Crippen LogP contribution in [0.5, 0.6) is 0 Å². The Labute approximate surface area is 107 Å². The van der Waals surface area contributed by atoms with E-state index >= 15 is 0 Å². The zero-order valence-electron chi connectivity index (χ0n) is 10.5. The number of aryl methyl sites for hydroxylation is 1. The quantitative estimate of drug-likeness (QED) is 0.550. The molecule has 1 atom stereocenters. The first-order valence-corrected chi connectivity index (χ1v) is 6.14. The Bertz CT molecular complexity index is 428. The van der Waals surface area contributed by atoms with Gasteiger partial charge in [0, 0.05) is 19.1 Å². The summed E-state index contributed by atoms with van der Waals surface area (Å²) in [5.74, 6) is 5.73. The van der Waals surface area contributed by atoms with Crippen molar-refractivity contribution in [2.24, 2.45) is 11.8 Å². The Balaban J connectivity index is 2.00. The average Bonchev–Trinajstić information content (AvgIpc) is 2.89. The van der Waals surface area contributed by atoms with Crippen molar-refractivity contribution in [1.29, 1.82) is 0 Å². The number of nitrogen functional groups attached to an aromatic ring is 1. The molecule has 1 aliphatic heterocycles. The molecule has 1 aliphatic rings. The molecular formula is C13H19N3O2. The molecule has 1 aromatic carbocycles. The summed E-state index contributed by atoms with van der Waals surface area (Å²) >= 11 is 0. The number of hydrogen-bond acceptors (Lipinski definition) is 4. The molecule has 98 valence electrons. The number of nitrogens with one attached hydrogen (secondary N) is 2. The maximum atomic E-state index is 12.1. The lowest BCUT2D eigenvalue weighted by Crippen LogP contribution is -2.30. The first-order valence-electron chi connectivity index (χ1n) is 6.14. The fourth-order valence-corrected chi connectivity index (χ4v) is 2.05. The van der Waals surface area contributed by atoms with Gasteiger partial charge in [-0.15, -0.1) is 0 Å². The van der Waals surface area contributed by atoms with Crippen molar-refractivity contribution in [1.82, 2.24) is 5.32 Å². The van der Waals surface area contributed by atoms with Gasteiger partial charge in [0.1, 0.15) is 0 Å². The number of benzene rings is 1. The van der Waals surface area contributed by atoms with Crippen LogP contribution in [0.2, 0.25) is 0 Å². The smallest absolute Gasteiger partial charge is 0.253 e. The first kappa shape index (κ1) is 12.9. The minimum absolute atomic E-state index is 0.0986. The fraction of sp³-hybridized carbons (Fsp3) is 0.462. The molecule has 0 spiro atoms. The Morgan fingerprint density at radius 2 is 2.39 bits per heavy atom. The van der Waals surface area contributed by atoms with E-state index < -0.39 is 0 Å². The van der Waals surface area contributed by atoms with Gasteiger partial charge in [-0.05, 0) is 25.5 Å². The van der Waals surface area contributed by atoms with Crippen LogP contribution in [0.4, 0.5) is 5.69 Å². The number of rotatable bonds is 4. The van der Waals surface area contributed by atoms with Gasteiger partial charge in [-0.25, -0.2) is 0 Å². The third-order valence-electron chi connectivity index (χ3n) is 3.15. The van der Waals surface area contributed by atoms with E-state index in [0.29, 0.717) is 23.7 Å². The first-order chi connectivity index (χ1) is 8.70. The number of anilines is 1. The van der Waals surface area contributed by atoms with E-state index in [1.807, 2.05) is 25.1 Å². The molecule has 5 nitrogen and oxygen atoms in total. The molecule has 1 aromatic rings. The van der Waals surface area contributed by atoms with Crippen LogP contribution < -0.4 is 16.6 Å². The zero-order chi connectivity index (χ0) is 13.0. The predicted octanol–water partition coefficient (Wildman–Crippen LogP) is 1.05. The van der Waals surface area contributed by atoms with E-state index in [1.165, 1.54) is 0 Å². The summed E-state index contributed by atoms with van der Waals surface area (Å²) in [6.45, 7) is 4.12. The second-order valence-corrected chi connectivity index (χ2v) is 4.63. The lowest BCUT2D eigenvalue weighted by Gasteiger charge is -2.12. The Hall–Kier alpha value is -1.59. The maximum absolute atomic E-state index is 12.1. The van der Waals surface area contributed by atoms with E-state index in [1.54, 1.807) is 0 Å². The Kier molecular flexibility index (Phi) is 4.17. The van der Waals surface area contributed by atoms with E-state index in [9.17, 15) is 4.79 Å². The third-order valence-corrected chi connectivity index (χ3v) is 3.15. The van der Waals surface area contributed by atoms with Gasteiger partial charge < -0.3 is 15.5 Å². The van der Waals surface area contributed by atoms with Crippen LogP contribution in [0.3, 0.4) is 0 Å². The molecule has 0 radical (unpaired) electrons. The molecule has 1 saturated heterocycles. The summed E-state index contributed by atoms with van der Waals surface area (Å²) < 4.78 is 5.28. The number of hydrogen-bond donors (Lipinski definition) is 3. The minimum atomic E-state index is -0.0986. The van der Waals surface area contributed by atoms with E-state index in [-0.39, 0.29) is 5.91 Å². The molecule has 2 rings (SSSR count). The number of nitrogens with two attached hydrogens (primary N) is 1. The molecule has 18 heavy (non-hydrogen) atoms. The third kappa shape index (κ3) is 3.00. The lowest BCUT2D eigenvalue weighted by molar-refractivity contribution is 0.0945. The largest absolute Gasteiger partial charge is 0.381 e. The minimum Gasteiger partial charge on any atom is -0.381 e. The molecule has 0 aliphatic carbocycles. The molecule has 4 N–H and O–H groups in total. The highest BCUT2D eigenvalue weighted by atomic mass is 16.5. The van der Waals surface area contributed by atoms with E-state index in [2.05, 4.69) is 10.7 Å². The van der Waals surface area contributed by atoms with Crippen molar-refractivity contribution in [3.63, 3.8) is 0 Å². The Morgan fingerprint density at radius 1 is 1.56 bits per heavy atom. The van der Waals surface area contributed by atoms with Crippen molar-refractivity contribution in [3.8, 4) is 0 Å². The molecule has 0 bridgehead atoms. The highest BCUT2D eigenvalue weighted by Gasteiger charge is 2.17. The molecule has 5 heteroatoms. The number of ether oxygens (including phenoxy) is 1. The topological polar surface area (TPSA) is 76.4 Å². The summed E-state index contributed by atoms with van der Waals surface area (Å²) in [4.78, 5) is 12.1. The fourth-order valence-electron chi connectivity index (χ4n) is 2.05. The Morgan fingerprint density at radius 3 is 3.06 bits per heavy atom. The summed E-state index contributed by atoms with van der Waals surface area (Å²) in [7, 11) is 0. The number of amides is 1. The van der Waals surface area contributed by atoms with E-state index in [0.717, 1.165) is 25.2 Å². The van der Waals surface area contributed by atoms with Crippen molar-refractivity contribution in [3.05, 3.63) is 29.3 Å². The summed E-state index contributed by atoms with van der Waals surface area (Å²) in [5.41, 5.74) is 4.80. The maximum Gasteiger partial charge on any atom is 0.253 e. The predicted molar refractivity (Wildman–Crippen MR) is 70.2 cm³/mol. The van der Waals surface area contributed by atoms with E-state index in [4.69, 9.17) is 10.6 Å². The normalized spacial score (nSPS) is 18.7. The monoisotopic (exact) mass is 249 g/mol. The number of carbonyl (C=O) groups is 1. The van der Waals surface area contributed by atoms with Crippen LogP contribution in [-0.2, 0) is 4.74 Å². The van der Waals surface area contributed by atoms with Crippen molar-refractivity contribution >= 4 is 11.6 Å².